The molecule has 2 aromatic carbocycles. The van der Waals surface area contributed by atoms with Gasteiger partial charge in [0.05, 0.1) is 6.54 Å². The van der Waals surface area contributed by atoms with E-state index < -0.39 is 0 Å². The van der Waals surface area contributed by atoms with Gasteiger partial charge in [-0.2, -0.15) is 0 Å². The van der Waals surface area contributed by atoms with Crippen LogP contribution < -0.4 is 5.32 Å². The number of benzene rings is 2. The molecule has 5 heteroatoms. The van der Waals surface area contributed by atoms with Crippen molar-refractivity contribution in [2.24, 2.45) is 0 Å². The summed E-state index contributed by atoms with van der Waals surface area (Å²) in [6, 6.07) is 17.3. The predicted octanol–water partition coefficient (Wildman–Crippen LogP) is 2.69. The lowest BCUT2D eigenvalue weighted by atomic mass is 10.1. The molecule has 0 radical (unpaired) electrons. The monoisotopic (exact) mass is 369 g/mol. The highest BCUT2D eigenvalue weighted by molar-refractivity contribution is 5.77. The predicted molar refractivity (Wildman–Crippen MR) is 106 cm³/mol. The Morgan fingerprint density at radius 2 is 1.59 bits per heavy atom. The minimum Gasteiger partial charge on any atom is -0.355 e. The molecular weight excluding hydrogens is 341 g/mol. The first-order valence-corrected chi connectivity index (χ1v) is 9.69. The van der Waals surface area contributed by atoms with Gasteiger partial charge in [0.1, 0.15) is 5.82 Å². The Morgan fingerprint density at radius 1 is 0.926 bits per heavy atom. The van der Waals surface area contributed by atoms with Crippen LogP contribution >= 0.6 is 0 Å². The van der Waals surface area contributed by atoms with E-state index in [1.165, 1.54) is 11.6 Å². The van der Waals surface area contributed by atoms with Crippen molar-refractivity contribution in [3.05, 3.63) is 71.5 Å². The average molecular weight is 369 g/mol. The molecule has 1 saturated heterocycles. The topological polar surface area (TPSA) is 35.6 Å². The molecular formula is C22H28FN3O. The molecule has 0 saturated carbocycles. The van der Waals surface area contributed by atoms with Crippen LogP contribution in [0, 0.1) is 5.82 Å². The zero-order valence-corrected chi connectivity index (χ0v) is 15.7. The molecule has 0 bridgehead atoms. The second kappa shape index (κ2) is 10.2. The third-order valence-corrected chi connectivity index (χ3v) is 4.99. The molecule has 0 unspecified atom stereocenters. The van der Waals surface area contributed by atoms with Gasteiger partial charge in [-0.25, -0.2) is 4.39 Å². The number of carbonyl (C=O) groups excluding carboxylic acids is 1. The normalized spacial score (nSPS) is 15.6. The average Bonchev–Trinajstić information content (AvgIpc) is 2.69. The van der Waals surface area contributed by atoms with Gasteiger partial charge < -0.3 is 5.32 Å². The molecule has 2 aromatic rings. The van der Waals surface area contributed by atoms with Crippen molar-refractivity contribution < 1.29 is 9.18 Å². The number of nitrogens with zero attached hydrogens (tertiary/aromatic N) is 2. The van der Waals surface area contributed by atoms with Crippen molar-refractivity contribution >= 4 is 5.91 Å². The van der Waals surface area contributed by atoms with Crippen LogP contribution in [0.2, 0.25) is 0 Å². The van der Waals surface area contributed by atoms with Gasteiger partial charge >= 0.3 is 0 Å². The number of aryl methyl sites for hydroxylation is 1. The maximum atomic E-state index is 13.8. The lowest BCUT2D eigenvalue weighted by molar-refractivity contribution is -0.122. The van der Waals surface area contributed by atoms with E-state index in [0.29, 0.717) is 19.6 Å². The summed E-state index contributed by atoms with van der Waals surface area (Å²) < 4.78 is 13.8. The highest BCUT2D eigenvalue weighted by Crippen LogP contribution is 2.12. The fourth-order valence-corrected chi connectivity index (χ4v) is 3.40. The van der Waals surface area contributed by atoms with Gasteiger partial charge in [-0.15, -0.1) is 0 Å². The number of rotatable bonds is 8. The third kappa shape index (κ3) is 6.45. The summed E-state index contributed by atoms with van der Waals surface area (Å²) in [6.45, 7) is 5.18. The zero-order valence-electron chi connectivity index (χ0n) is 15.7. The lowest BCUT2D eigenvalue weighted by Gasteiger charge is -2.34. The second-order valence-corrected chi connectivity index (χ2v) is 7.08. The molecule has 1 N–H and O–H groups in total. The first-order chi connectivity index (χ1) is 13.2. The van der Waals surface area contributed by atoms with Crippen LogP contribution in [0.15, 0.2) is 54.6 Å². The van der Waals surface area contributed by atoms with Crippen molar-refractivity contribution in [1.82, 2.24) is 15.1 Å². The largest absolute Gasteiger partial charge is 0.355 e. The van der Waals surface area contributed by atoms with Crippen molar-refractivity contribution in [3.63, 3.8) is 0 Å². The minimum absolute atomic E-state index is 0.0885. The molecule has 3 rings (SSSR count). The summed E-state index contributed by atoms with van der Waals surface area (Å²) in [4.78, 5) is 16.5. The van der Waals surface area contributed by atoms with E-state index in [2.05, 4.69) is 27.2 Å². The minimum atomic E-state index is -0.144. The summed E-state index contributed by atoms with van der Waals surface area (Å²) in [5, 5.41) is 3.01. The van der Waals surface area contributed by atoms with Crippen LogP contribution in [0.25, 0.3) is 0 Å². The van der Waals surface area contributed by atoms with Gasteiger partial charge in [-0.1, -0.05) is 48.5 Å². The molecule has 144 valence electrons. The van der Waals surface area contributed by atoms with Gasteiger partial charge in [-0.3, -0.25) is 14.6 Å². The van der Waals surface area contributed by atoms with Crippen LogP contribution in [0.3, 0.4) is 0 Å². The van der Waals surface area contributed by atoms with Gasteiger partial charge in [0.15, 0.2) is 0 Å². The summed E-state index contributed by atoms with van der Waals surface area (Å²) in [6.07, 6.45) is 1.93. The van der Waals surface area contributed by atoms with E-state index in [1.54, 1.807) is 6.07 Å². The fraction of sp³-hybridized carbons (Fsp3) is 0.409. The maximum Gasteiger partial charge on any atom is 0.234 e. The Bertz CT molecular complexity index is 715. The van der Waals surface area contributed by atoms with Crippen LogP contribution in [-0.4, -0.2) is 55.0 Å². The van der Waals surface area contributed by atoms with E-state index in [9.17, 15) is 9.18 Å². The molecule has 1 heterocycles. The van der Waals surface area contributed by atoms with E-state index in [0.717, 1.165) is 44.6 Å². The van der Waals surface area contributed by atoms with E-state index in [4.69, 9.17) is 0 Å². The number of amides is 1. The Hall–Kier alpha value is -2.24. The number of hydrogen-bond donors (Lipinski definition) is 1. The van der Waals surface area contributed by atoms with Crippen LogP contribution in [0.4, 0.5) is 4.39 Å². The van der Waals surface area contributed by atoms with Crippen molar-refractivity contribution in [3.8, 4) is 0 Å². The number of carbonyl (C=O) groups is 1. The molecule has 0 spiro atoms. The molecule has 4 nitrogen and oxygen atoms in total. The van der Waals surface area contributed by atoms with Crippen LogP contribution in [0.1, 0.15) is 17.5 Å². The highest BCUT2D eigenvalue weighted by atomic mass is 19.1. The van der Waals surface area contributed by atoms with Crippen LogP contribution in [0.5, 0.6) is 0 Å². The van der Waals surface area contributed by atoms with Gasteiger partial charge in [0.2, 0.25) is 5.91 Å². The number of hydrogen-bond acceptors (Lipinski definition) is 3. The number of halogens is 1. The smallest absolute Gasteiger partial charge is 0.234 e. The first kappa shape index (κ1) is 19.5. The number of nitrogens with one attached hydrogen (secondary N) is 1. The van der Waals surface area contributed by atoms with Gasteiger partial charge in [0.25, 0.3) is 0 Å². The van der Waals surface area contributed by atoms with Crippen molar-refractivity contribution in [1.29, 1.82) is 0 Å². The molecule has 1 aliphatic rings. The van der Waals surface area contributed by atoms with Crippen molar-refractivity contribution in [2.45, 2.75) is 19.4 Å². The second-order valence-electron chi connectivity index (χ2n) is 7.08. The lowest BCUT2D eigenvalue weighted by Crippen LogP contribution is -2.49. The molecule has 0 aliphatic carbocycles. The SMILES string of the molecule is O=C(CN1CCN(Cc2ccccc2F)CC1)NCCCc1ccccc1. The molecule has 0 aromatic heterocycles. The Balaban J connectivity index is 1.30. The van der Waals surface area contributed by atoms with E-state index in [1.807, 2.05) is 30.3 Å². The third-order valence-electron chi connectivity index (χ3n) is 4.99. The molecule has 0 atom stereocenters. The van der Waals surface area contributed by atoms with Crippen LogP contribution in [-0.2, 0) is 17.8 Å². The Labute approximate surface area is 161 Å². The van der Waals surface area contributed by atoms with Gasteiger partial charge in [0, 0.05) is 44.8 Å². The summed E-state index contributed by atoms with van der Waals surface area (Å²) in [5.74, 6) is -0.0552. The summed E-state index contributed by atoms with van der Waals surface area (Å²) in [5.41, 5.74) is 2.04. The first-order valence-electron chi connectivity index (χ1n) is 9.69. The molecule has 1 aliphatic heterocycles. The standard InChI is InChI=1S/C22H28FN3O/c23-21-11-5-4-10-20(21)17-25-13-15-26(16-14-25)18-22(27)24-12-6-9-19-7-2-1-3-8-19/h1-5,7-8,10-11H,6,9,12-18H2,(H,24,27). The summed E-state index contributed by atoms with van der Waals surface area (Å²) in [7, 11) is 0. The summed E-state index contributed by atoms with van der Waals surface area (Å²) >= 11 is 0. The van der Waals surface area contributed by atoms with Gasteiger partial charge in [-0.05, 0) is 24.5 Å². The zero-order chi connectivity index (χ0) is 18.9. The van der Waals surface area contributed by atoms with E-state index in [-0.39, 0.29) is 11.7 Å². The van der Waals surface area contributed by atoms with Crippen molar-refractivity contribution in [2.75, 3.05) is 39.3 Å². The Morgan fingerprint density at radius 3 is 2.33 bits per heavy atom. The molecule has 27 heavy (non-hydrogen) atoms. The van der Waals surface area contributed by atoms with E-state index >= 15 is 0 Å². The highest BCUT2D eigenvalue weighted by Gasteiger charge is 2.19. The Kier molecular flexibility index (Phi) is 7.36. The maximum absolute atomic E-state index is 13.8. The fourth-order valence-electron chi connectivity index (χ4n) is 3.40. The quantitative estimate of drug-likeness (QED) is 0.727. The molecule has 1 fully saturated rings. The molecule has 1 amide bonds. The number of piperazine rings is 1.